The second-order valence-corrected chi connectivity index (χ2v) is 8.34. The molecule has 2 aliphatic heterocycles. The Labute approximate surface area is 195 Å². The molecule has 4 rings (SSSR count). The molecule has 3 N–H and O–H groups in total. The largest absolute Gasteiger partial charge is 0.431 e. The Morgan fingerprint density at radius 2 is 2.06 bits per heavy atom. The zero-order valence-corrected chi connectivity index (χ0v) is 19.0. The Balaban J connectivity index is 1.64. The van der Waals surface area contributed by atoms with E-state index in [1.165, 1.54) is 7.05 Å². The first-order valence-corrected chi connectivity index (χ1v) is 11.0. The van der Waals surface area contributed by atoms with Gasteiger partial charge in [-0.3, -0.25) is 14.5 Å². The van der Waals surface area contributed by atoms with E-state index in [0.29, 0.717) is 49.8 Å². The first kappa shape index (κ1) is 23.8. The maximum absolute atomic E-state index is 13.1. The summed E-state index contributed by atoms with van der Waals surface area (Å²) in [4.78, 5) is 17.5. The summed E-state index contributed by atoms with van der Waals surface area (Å²) in [5.74, 6) is 0.623. The highest BCUT2D eigenvalue weighted by Crippen LogP contribution is 2.33. The van der Waals surface area contributed by atoms with E-state index in [-0.39, 0.29) is 17.5 Å². The molecular weight excluding hydrogens is 449 g/mol. The number of nitrogens with two attached hydrogens (primary N) is 1. The predicted molar refractivity (Wildman–Crippen MR) is 123 cm³/mol. The molecule has 11 heteroatoms. The Bertz CT molecular complexity index is 1110. The fourth-order valence-electron chi connectivity index (χ4n) is 4.28. The molecule has 0 aliphatic carbocycles. The van der Waals surface area contributed by atoms with E-state index < -0.39 is 11.9 Å². The van der Waals surface area contributed by atoms with Crippen LogP contribution in [0.15, 0.2) is 35.0 Å². The summed E-state index contributed by atoms with van der Waals surface area (Å²) in [6.07, 6.45) is -2.00. The number of carbonyl (C=O) groups excluding carboxylic acids is 1. The van der Waals surface area contributed by atoms with Crippen molar-refractivity contribution in [3.63, 3.8) is 0 Å². The molecule has 0 radical (unpaired) electrons. The van der Waals surface area contributed by atoms with Crippen molar-refractivity contribution in [2.24, 2.45) is 10.7 Å². The Morgan fingerprint density at radius 1 is 1.32 bits per heavy atom. The number of nitrogens with zero attached hydrogens (tertiary/aromatic N) is 4. The fourth-order valence-corrected chi connectivity index (χ4v) is 4.28. The van der Waals surface area contributed by atoms with Crippen molar-refractivity contribution in [1.29, 1.82) is 0 Å². The van der Waals surface area contributed by atoms with Gasteiger partial charge in [-0.25, -0.2) is 0 Å². The van der Waals surface area contributed by atoms with Crippen LogP contribution in [0.3, 0.4) is 0 Å². The summed E-state index contributed by atoms with van der Waals surface area (Å²) < 4.78 is 47.0. The lowest BCUT2D eigenvalue weighted by atomic mass is 10.0. The number of nitrogens with one attached hydrogen (secondary N) is 1. The van der Waals surface area contributed by atoms with Crippen LogP contribution in [0.1, 0.15) is 36.2 Å². The summed E-state index contributed by atoms with van der Waals surface area (Å²) >= 11 is 0. The van der Waals surface area contributed by atoms with E-state index in [1.807, 2.05) is 4.68 Å². The molecule has 1 aromatic carbocycles. The van der Waals surface area contributed by atoms with Gasteiger partial charge in [0.05, 0.1) is 19.2 Å². The minimum atomic E-state index is -4.66. The van der Waals surface area contributed by atoms with E-state index in [4.69, 9.17) is 15.6 Å². The highest BCUT2D eigenvalue weighted by molar-refractivity contribution is 6.11. The van der Waals surface area contributed by atoms with Crippen LogP contribution in [-0.4, -0.2) is 59.8 Å². The molecule has 1 amide bonds. The molecular formula is C23H27F3N6O2. The Hall–Kier alpha value is -3.34. The number of aliphatic imine (C=N–C) groups is 1. The van der Waals surface area contributed by atoms with Crippen molar-refractivity contribution in [2.45, 2.75) is 38.5 Å². The van der Waals surface area contributed by atoms with Gasteiger partial charge in [0.1, 0.15) is 5.70 Å². The Morgan fingerprint density at radius 3 is 2.65 bits per heavy atom. The number of hydrogen-bond donors (Lipinski definition) is 2. The number of halogens is 3. The maximum Gasteiger partial charge on any atom is 0.431 e. The molecule has 0 saturated carbocycles. The number of aromatic nitrogens is 2. The van der Waals surface area contributed by atoms with Gasteiger partial charge in [-0.05, 0) is 24.1 Å². The van der Waals surface area contributed by atoms with Crippen LogP contribution in [0.25, 0.3) is 5.57 Å². The van der Waals surface area contributed by atoms with Crippen molar-refractivity contribution in [3.8, 4) is 0 Å². The summed E-state index contributed by atoms with van der Waals surface area (Å²) in [5, 5.41) is 8.08. The SMILES string of the molecule is CN=CC(=C(N)C(F)(F)F)c1ccc(Nc2nn(C3CCOC3)c3c2CN(C(C)=O)CC3)cc1. The first-order chi connectivity index (χ1) is 16.2. The summed E-state index contributed by atoms with van der Waals surface area (Å²) in [6, 6.07) is 6.57. The van der Waals surface area contributed by atoms with Crippen molar-refractivity contribution < 1.29 is 22.7 Å². The van der Waals surface area contributed by atoms with E-state index in [0.717, 1.165) is 23.9 Å². The smallest absolute Gasteiger partial charge is 0.394 e. The first-order valence-electron chi connectivity index (χ1n) is 11.0. The van der Waals surface area contributed by atoms with E-state index in [9.17, 15) is 18.0 Å². The highest BCUT2D eigenvalue weighted by atomic mass is 19.4. The van der Waals surface area contributed by atoms with E-state index in [2.05, 4.69) is 10.3 Å². The van der Waals surface area contributed by atoms with Gasteiger partial charge in [0.25, 0.3) is 0 Å². The Kier molecular flexibility index (Phi) is 6.65. The molecule has 182 valence electrons. The molecule has 1 saturated heterocycles. The molecule has 2 aliphatic rings. The average Bonchev–Trinajstić information content (AvgIpc) is 3.45. The topological polar surface area (TPSA) is 97.8 Å². The van der Waals surface area contributed by atoms with Gasteiger partial charge >= 0.3 is 6.18 Å². The van der Waals surface area contributed by atoms with Crippen LogP contribution in [0.5, 0.6) is 0 Å². The average molecular weight is 477 g/mol. The van der Waals surface area contributed by atoms with Crippen LogP contribution in [0.2, 0.25) is 0 Å². The van der Waals surface area contributed by atoms with Crippen LogP contribution in [0.4, 0.5) is 24.7 Å². The van der Waals surface area contributed by atoms with Gasteiger partial charge in [0, 0.05) is 62.3 Å². The molecule has 34 heavy (non-hydrogen) atoms. The van der Waals surface area contributed by atoms with Gasteiger partial charge in [-0.1, -0.05) is 12.1 Å². The molecule has 8 nitrogen and oxygen atoms in total. The van der Waals surface area contributed by atoms with E-state index in [1.54, 1.807) is 36.1 Å². The number of amides is 1. The number of benzene rings is 1. The number of fused-ring (bicyclic) bond motifs is 1. The van der Waals surface area contributed by atoms with E-state index >= 15 is 0 Å². The predicted octanol–water partition coefficient (Wildman–Crippen LogP) is 3.43. The third-order valence-electron chi connectivity index (χ3n) is 6.10. The van der Waals surface area contributed by atoms with Gasteiger partial charge < -0.3 is 20.7 Å². The lowest BCUT2D eigenvalue weighted by molar-refractivity contribution is -0.129. The molecule has 0 bridgehead atoms. The second kappa shape index (κ2) is 9.49. The molecule has 3 heterocycles. The lowest BCUT2D eigenvalue weighted by Crippen LogP contribution is -2.35. The molecule has 2 aromatic rings. The normalized spacial score (nSPS) is 19.3. The molecule has 0 spiro atoms. The van der Waals surface area contributed by atoms with Gasteiger partial charge in [0.15, 0.2) is 5.82 Å². The number of carbonyl (C=O) groups is 1. The molecule has 1 unspecified atom stereocenters. The van der Waals surface area contributed by atoms with Crippen LogP contribution in [-0.2, 0) is 22.5 Å². The quantitative estimate of drug-likeness (QED) is 0.645. The minimum Gasteiger partial charge on any atom is -0.394 e. The standard InChI is InChI=1S/C23H27F3N6O2/c1-14(33)31-9-7-20-19(12-31)22(30-32(20)17-8-10-34-13-17)29-16-5-3-15(4-6-16)18(11-28-2)21(27)23(24,25)26/h3-6,11,17H,7-10,12-13,27H2,1-2H3,(H,29,30). The van der Waals surface area contributed by atoms with Gasteiger partial charge in [0.2, 0.25) is 5.91 Å². The molecule has 1 aromatic heterocycles. The third-order valence-corrected chi connectivity index (χ3v) is 6.10. The lowest BCUT2D eigenvalue weighted by Gasteiger charge is -2.27. The molecule has 1 atom stereocenters. The van der Waals surface area contributed by atoms with Crippen LogP contribution >= 0.6 is 0 Å². The summed E-state index contributed by atoms with van der Waals surface area (Å²) in [6.45, 7) is 3.89. The number of rotatable bonds is 5. The van der Waals surface area contributed by atoms with Crippen LogP contribution < -0.4 is 11.1 Å². The zero-order valence-electron chi connectivity index (χ0n) is 19.0. The number of ether oxygens (including phenoxy) is 1. The van der Waals surface area contributed by atoms with Crippen molar-refractivity contribution in [1.82, 2.24) is 14.7 Å². The maximum atomic E-state index is 13.1. The fraction of sp³-hybridized carbons (Fsp3) is 0.435. The van der Waals surface area contributed by atoms with Crippen molar-refractivity contribution in [3.05, 3.63) is 46.8 Å². The van der Waals surface area contributed by atoms with Crippen LogP contribution in [0, 0.1) is 0 Å². The summed E-state index contributed by atoms with van der Waals surface area (Å²) in [7, 11) is 1.39. The van der Waals surface area contributed by atoms with Crippen molar-refractivity contribution in [2.75, 3.05) is 32.1 Å². The number of hydrogen-bond acceptors (Lipinski definition) is 6. The summed E-state index contributed by atoms with van der Waals surface area (Å²) in [5.41, 5.74) is 6.92. The number of allylic oxidation sites excluding steroid dienone is 2. The number of anilines is 2. The zero-order chi connectivity index (χ0) is 24.5. The second-order valence-electron chi connectivity index (χ2n) is 8.34. The third kappa shape index (κ3) is 4.79. The van der Waals surface area contributed by atoms with Crippen molar-refractivity contribution >= 4 is 29.2 Å². The number of alkyl halides is 3. The van der Waals surface area contributed by atoms with Gasteiger partial charge in [-0.15, -0.1) is 0 Å². The monoisotopic (exact) mass is 476 g/mol. The van der Waals surface area contributed by atoms with Gasteiger partial charge in [-0.2, -0.15) is 18.3 Å². The minimum absolute atomic E-state index is 0.00272. The molecule has 1 fully saturated rings. The highest BCUT2D eigenvalue weighted by Gasteiger charge is 2.34.